The van der Waals surface area contributed by atoms with Gasteiger partial charge in [-0.05, 0) is 38.1 Å². The Morgan fingerprint density at radius 3 is 2.29 bits per heavy atom. The number of likely N-dealkylation sites (N-methyl/N-ethyl adjacent to an activating group) is 1. The molecular weight excluding hydrogens is 260 g/mol. The second kappa shape index (κ2) is 7.41. The van der Waals surface area contributed by atoms with Gasteiger partial charge >= 0.3 is 0 Å². The van der Waals surface area contributed by atoms with Gasteiger partial charge in [0.15, 0.2) is 0 Å². The largest absolute Gasteiger partial charge is 0.351 e. The van der Waals surface area contributed by atoms with Gasteiger partial charge < -0.3 is 10.2 Å². The van der Waals surface area contributed by atoms with Crippen LogP contribution in [0.3, 0.4) is 0 Å². The quantitative estimate of drug-likeness (QED) is 0.843. The highest BCUT2D eigenvalue weighted by Crippen LogP contribution is 2.18. The summed E-state index contributed by atoms with van der Waals surface area (Å²) in [5, 5.41) is 2.98. The third-order valence-electron chi connectivity index (χ3n) is 3.29. The van der Waals surface area contributed by atoms with Gasteiger partial charge in [-0.15, -0.1) is 0 Å². The van der Waals surface area contributed by atoms with Crippen molar-refractivity contribution < 1.29 is 4.79 Å². The first-order valence-electron chi connectivity index (χ1n) is 7.39. The van der Waals surface area contributed by atoms with E-state index in [0.717, 1.165) is 0 Å². The van der Waals surface area contributed by atoms with E-state index in [4.69, 9.17) is 0 Å². The molecule has 0 aromatic heterocycles. The topological polar surface area (TPSA) is 32.3 Å². The van der Waals surface area contributed by atoms with Gasteiger partial charge in [-0.25, -0.2) is 0 Å². The van der Waals surface area contributed by atoms with Crippen LogP contribution in [-0.2, 0) is 4.79 Å². The highest BCUT2D eigenvalue weighted by atomic mass is 16.1. The highest BCUT2D eigenvalue weighted by molar-refractivity contribution is 5.87. The van der Waals surface area contributed by atoms with Gasteiger partial charge in [0.1, 0.15) is 0 Å². The Kier molecular flexibility index (Phi) is 6.16. The lowest BCUT2D eigenvalue weighted by Crippen LogP contribution is -2.33. The summed E-state index contributed by atoms with van der Waals surface area (Å²) in [7, 11) is 4.06. The summed E-state index contributed by atoms with van der Waals surface area (Å²) in [5.41, 5.74) is 2.48. The molecule has 0 aliphatic heterocycles. The lowest BCUT2D eigenvalue weighted by molar-refractivity contribution is -0.116. The average molecular weight is 288 g/mol. The van der Waals surface area contributed by atoms with Crippen LogP contribution >= 0.6 is 0 Å². The molecule has 0 spiro atoms. The summed E-state index contributed by atoms with van der Waals surface area (Å²) < 4.78 is 0. The van der Waals surface area contributed by atoms with Crippen molar-refractivity contribution in [3.05, 3.63) is 47.5 Å². The highest BCUT2D eigenvalue weighted by Gasteiger charge is 2.14. The van der Waals surface area contributed by atoms with E-state index >= 15 is 0 Å². The minimum atomic E-state index is -0.0381. The maximum atomic E-state index is 11.9. The SMILES string of the molecule is Cc1ccc(C(CNC(=O)C=CC(C)(C)C)N(C)C)cc1. The van der Waals surface area contributed by atoms with Crippen LogP contribution in [0.1, 0.15) is 37.9 Å². The van der Waals surface area contributed by atoms with Crippen molar-refractivity contribution in [1.29, 1.82) is 0 Å². The molecule has 1 atom stereocenters. The normalized spacial score (nSPS) is 13.7. The molecule has 3 nitrogen and oxygen atoms in total. The van der Waals surface area contributed by atoms with E-state index in [1.54, 1.807) is 6.08 Å². The molecule has 3 heteroatoms. The van der Waals surface area contributed by atoms with E-state index in [1.165, 1.54) is 11.1 Å². The molecule has 0 bridgehead atoms. The minimum absolute atomic E-state index is 0.0231. The van der Waals surface area contributed by atoms with E-state index in [0.29, 0.717) is 6.54 Å². The van der Waals surface area contributed by atoms with Crippen molar-refractivity contribution in [2.24, 2.45) is 5.41 Å². The van der Waals surface area contributed by atoms with Gasteiger partial charge in [0.25, 0.3) is 0 Å². The first-order valence-corrected chi connectivity index (χ1v) is 7.39. The van der Waals surface area contributed by atoms with Gasteiger partial charge in [-0.3, -0.25) is 4.79 Å². The lowest BCUT2D eigenvalue weighted by Gasteiger charge is -2.25. The van der Waals surface area contributed by atoms with E-state index in [2.05, 4.69) is 62.2 Å². The minimum Gasteiger partial charge on any atom is -0.351 e. The van der Waals surface area contributed by atoms with E-state index < -0.39 is 0 Å². The Balaban J connectivity index is 2.66. The number of rotatable bonds is 5. The maximum absolute atomic E-state index is 11.9. The molecule has 1 amide bonds. The fourth-order valence-electron chi connectivity index (χ4n) is 1.97. The first kappa shape index (κ1) is 17.4. The van der Waals surface area contributed by atoms with E-state index in [9.17, 15) is 4.79 Å². The summed E-state index contributed by atoms with van der Waals surface area (Å²) in [6.07, 6.45) is 3.56. The zero-order chi connectivity index (χ0) is 16.0. The molecule has 0 heterocycles. The number of hydrogen-bond acceptors (Lipinski definition) is 2. The number of carbonyl (C=O) groups excluding carboxylic acids is 1. The van der Waals surface area contributed by atoms with Gasteiger partial charge in [-0.2, -0.15) is 0 Å². The molecule has 1 unspecified atom stereocenters. The van der Waals surface area contributed by atoms with Crippen molar-refractivity contribution in [1.82, 2.24) is 10.2 Å². The molecule has 21 heavy (non-hydrogen) atoms. The Hall–Kier alpha value is -1.61. The molecule has 116 valence electrons. The fraction of sp³-hybridized carbons (Fsp3) is 0.500. The van der Waals surface area contributed by atoms with Crippen LogP contribution in [0.5, 0.6) is 0 Å². The van der Waals surface area contributed by atoms with Crippen molar-refractivity contribution in [3.63, 3.8) is 0 Å². The predicted octanol–water partition coefficient (Wildman–Crippen LogP) is 3.32. The van der Waals surface area contributed by atoms with Crippen LogP contribution < -0.4 is 5.32 Å². The first-order chi connectivity index (χ1) is 9.69. The molecule has 0 aliphatic rings. The van der Waals surface area contributed by atoms with Crippen LogP contribution in [0.2, 0.25) is 0 Å². The Bertz CT molecular complexity index is 481. The van der Waals surface area contributed by atoms with Crippen molar-refractivity contribution >= 4 is 5.91 Å². The van der Waals surface area contributed by atoms with Crippen molar-refractivity contribution in [2.75, 3.05) is 20.6 Å². The molecule has 0 saturated carbocycles. The molecule has 1 N–H and O–H groups in total. The summed E-state index contributed by atoms with van der Waals surface area (Å²) in [5.74, 6) is -0.0381. The Labute approximate surface area is 129 Å². The van der Waals surface area contributed by atoms with Gasteiger partial charge in [0.2, 0.25) is 5.91 Å². The molecule has 1 rings (SSSR count). The molecule has 0 radical (unpaired) electrons. The molecular formula is C18H28N2O. The third-order valence-corrected chi connectivity index (χ3v) is 3.29. The van der Waals surface area contributed by atoms with Crippen LogP contribution in [0.15, 0.2) is 36.4 Å². The second-order valence-corrected chi connectivity index (χ2v) is 6.83. The smallest absolute Gasteiger partial charge is 0.243 e. The second-order valence-electron chi connectivity index (χ2n) is 6.83. The van der Waals surface area contributed by atoms with Crippen LogP contribution in [0, 0.1) is 12.3 Å². The number of amides is 1. The summed E-state index contributed by atoms with van der Waals surface area (Å²) in [6, 6.07) is 8.63. The standard InChI is InChI=1S/C18H28N2O/c1-14-7-9-15(10-8-14)16(20(5)6)13-19-17(21)11-12-18(2,3)4/h7-12,16H,13H2,1-6H3,(H,19,21). The van der Waals surface area contributed by atoms with Gasteiger partial charge in [0.05, 0.1) is 6.04 Å². The lowest BCUT2D eigenvalue weighted by atomic mass is 9.96. The monoisotopic (exact) mass is 288 g/mol. The maximum Gasteiger partial charge on any atom is 0.243 e. The van der Waals surface area contributed by atoms with Gasteiger partial charge in [0, 0.05) is 6.54 Å². The van der Waals surface area contributed by atoms with Crippen LogP contribution in [0.25, 0.3) is 0 Å². The molecule has 0 fully saturated rings. The number of carbonyl (C=O) groups is 1. The number of nitrogens with one attached hydrogen (secondary N) is 1. The summed E-state index contributed by atoms with van der Waals surface area (Å²) >= 11 is 0. The Morgan fingerprint density at radius 2 is 1.81 bits per heavy atom. The molecule has 1 aromatic carbocycles. The predicted molar refractivity (Wildman–Crippen MR) is 89.2 cm³/mol. The number of aryl methyl sites for hydroxylation is 1. The van der Waals surface area contributed by atoms with Crippen LogP contribution in [-0.4, -0.2) is 31.4 Å². The molecule has 1 aromatic rings. The zero-order valence-corrected chi connectivity index (χ0v) is 14.1. The van der Waals surface area contributed by atoms with Crippen LogP contribution in [0.4, 0.5) is 0 Å². The molecule has 0 saturated heterocycles. The summed E-state index contributed by atoms with van der Waals surface area (Å²) in [4.78, 5) is 14.0. The van der Waals surface area contributed by atoms with E-state index in [1.807, 2.05) is 20.2 Å². The third kappa shape index (κ3) is 6.58. The molecule has 0 aliphatic carbocycles. The van der Waals surface area contributed by atoms with Gasteiger partial charge in [-0.1, -0.05) is 56.7 Å². The van der Waals surface area contributed by atoms with Crippen molar-refractivity contribution in [3.8, 4) is 0 Å². The number of nitrogens with zero attached hydrogens (tertiary/aromatic N) is 1. The van der Waals surface area contributed by atoms with E-state index in [-0.39, 0.29) is 17.4 Å². The average Bonchev–Trinajstić information content (AvgIpc) is 2.37. The zero-order valence-electron chi connectivity index (χ0n) is 14.1. The fourth-order valence-corrected chi connectivity index (χ4v) is 1.97. The number of hydrogen-bond donors (Lipinski definition) is 1. The number of allylic oxidation sites excluding steroid dienone is 1. The Morgan fingerprint density at radius 1 is 1.24 bits per heavy atom. The van der Waals surface area contributed by atoms with Crippen molar-refractivity contribution in [2.45, 2.75) is 33.7 Å². The number of benzene rings is 1. The summed E-state index contributed by atoms with van der Waals surface area (Å²) in [6.45, 7) is 8.90.